The van der Waals surface area contributed by atoms with Gasteiger partial charge in [-0.1, -0.05) is 0 Å². The van der Waals surface area contributed by atoms with E-state index in [1.54, 1.807) is 0 Å². The number of rotatable bonds is 3. The number of aromatic nitrogens is 2. The minimum atomic E-state index is 0.396. The molecule has 1 aromatic rings. The molecule has 1 aromatic heterocycles. The summed E-state index contributed by atoms with van der Waals surface area (Å²) in [6.07, 6.45) is 6.55. The van der Waals surface area contributed by atoms with Gasteiger partial charge in [-0.3, -0.25) is 4.98 Å². The molecule has 17 heavy (non-hydrogen) atoms. The van der Waals surface area contributed by atoms with Gasteiger partial charge < -0.3 is 5.32 Å². The fourth-order valence-corrected chi connectivity index (χ4v) is 2.45. The van der Waals surface area contributed by atoms with Crippen LogP contribution >= 0.6 is 11.6 Å². The molecule has 0 atom stereocenters. The van der Waals surface area contributed by atoms with E-state index in [2.05, 4.69) is 15.3 Å². The summed E-state index contributed by atoms with van der Waals surface area (Å²) in [6, 6.07) is 0. The Morgan fingerprint density at radius 2 is 1.94 bits per heavy atom. The van der Waals surface area contributed by atoms with Crippen LogP contribution in [0.5, 0.6) is 0 Å². The van der Waals surface area contributed by atoms with Gasteiger partial charge in [0, 0.05) is 11.9 Å². The summed E-state index contributed by atoms with van der Waals surface area (Å²) in [6.45, 7) is 4.96. The third-order valence-electron chi connectivity index (χ3n) is 3.54. The molecule has 0 unspecified atom stereocenters. The van der Waals surface area contributed by atoms with Crippen LogP contribution in [0.25, 0.3) is 0 Å². The molecule has 1 heterocycles. The molecule has 1 fully saturated rings. The molecule has 4 heteroatoms. The molecule has 0 bridgehead atoms. The van der Waals surface area contributed by atoms with Crippen molar-refractivity contribution in [2.45, 2.75) is 44.9 Å². The molecule has 3 nitrogen and oxygen atoms in total. The average molecular weight is 254 g/mol. The number of anilines is 1. The summed E-state index contributed by atoms with van der Waals surface area (Å²) in [7, 11) is 0. The summed E-state index contributed by atoms with van der Waals surface area (Å²) in [5.74, 6) is 1.62. The summed E-state index contributed by atoms with van der Waals surface area (Å²) in [5.41, 5.74) is 2.00. The van der Waals surface area contributed by atoms with Gasteiger partial charge in [0.05, 0.1) is 17.6 Å². The van der Waals surface area contributed by atoms with Gasteiger partial charge in [0.25, 0.3) is 0 Å². The van der Waals surface area contributed by atoms with E-state index >= 15 is 0 Å². The standard InChI is InChI=1S/C13H20ClN3/c1-9-10(2)17-13(8-15-9)16-7-11-3-5-12(14)6-4-11/h8,11-12H,3-7H2,1-2H3,(H,16,17). The van der Waals surface area contributed by atoms with Gasteiger partial charge in [0.1, 0.15) is 5.82 Å². The van der Waals surface area contributed by atoms with Crippen LogP contribution in [0.1, 0.15) is 37.1 Å². The molecule has 0 amide bonds. The lowest BCUT2D eigenvalue weighted by Gasteiger charge is -2.25. The number of nitrogens with zero attached hydrogens (tertiary/aromatic N) is 2. The van der Waals surface area contributed by atoms with Crippen LogP contribution in [0.2, 0.25) is 0 Å². The molecule has 0 spiro atoms. The fraction of sp³-hybridized carbons (Fsp3) is 0.692. The van der Waals surface area contributed by atoms with E-state index < -0.39 is 0 Å². The first-order valence-electron chi connectivity index (χ1n) is 6.33. The summed E-state index contributed by atoms with van der Waals surface area (Å²) < 4.78 is 0. The van der Waals surface area contributed by atoms with Crippen molar-refractivity contribution in [2.75, 3.05) is 11.9 Å². The first-order valence-corrected chi connectivity index (χ1v) is 6.77. The number of hydrogen-bond donors (Lipinski definition) is 1. The Hall–Kier alpha value is -0.830. The normalized spacial score (nSPS) is 24.6. The van der Waals surface area contributed by atoms with Gasteiger partial charge in [-0.25, -0.2) is 4.98 Å². The molecule has 1 aliphatic carbocycles. The van der Waals surface area contributed by atoms with E-state index in [-0.39, 0.29) is 0 Å². The Balaban J connectivity index is 1.83. The van der Waals surface area contributed by atoms with E-state index in [9.17, 15) is 0 Å². The van der Waals surface area contributed by atoms with Gasteiger partial charge >= 0.3 is 0 Å². The maximum absolute atomic E-state index is 6.09. The minimum Gasteiger partial charge on any atom is -0.369 e. The summed E-state index contributed by atoms with van der Waals surface area (Å²) in [5, 5.41) is 3.78. The zero-order valence-corrected chi connectivity index (χ0v) is 11.3. The number of alkyl halides is 1. The van der Waals surface area contributed by atoms with Crippen LogP contribution in [0.4, 0.5) is 5.82 Å². The van der Waals surface area contributed by atoms with Crippen LogP contribution in [0.15, 0.2) is 6.20 Å². The topological polar surface area (TPSA) is 37.8 Å². The molecule has 1 aliphatic rings. The fourth-order valence-electron chi connectivity index (χ4n) is 2.20. The second-order valence-electron chi connectivity index (χ2n) is 4.92. The lowest BCUT2D eigenvalue weighted by Crippen LogP contribution is -2.21. The van der Waals surface area contributed by atoms with Gasteiger partial charge in [-0.05, 0) is 45.4 Å². The highest BCUT2D eigenvalue weighted by atomic mass is 35.5. The molecular formula is C13H20ClN3. The molecule has 2 rings (SSSR count). The molecule has 94 valence electrons. The first-order chi connectivity index (χ1) is 8.15. The van der Waals surface area contributed by atoms with Gasteiger partial charge in [-0.2, -0.15) is 0 Å². The number of aryl methyl sites for hydroxylation is 2. The molecule has 1 N–H and O–H groups in total. The van der Waals surface area contributed by atoms with Crippen molar-refractivity contribution >= 4 is 17.4 Å². The molecular weight excluding hydrogens is 234 g/mol. The maximum Gasteiger partial charge on any atom is 0.144 e. The van der Waals surface area contributed by atoms with Crippen molar-refractivity contribution < 1.29 is 0 Å². The quantitative estimate of drug-likeness (QED) is 0.840. The monoisotopic (exact) mass is 253 g/mol. The highest BCUT2D eigenvalue weighted by Crippen LogP contribution is 2.27. The van der Waals surface area contributed by atoms with Gasteiger partial charge in [0.15, 0.2) is 0 Å². The second-order valence-corrected chi connectivity index (χ2v) is 5.54. The molecule has 0 aromatic carbocycles. The van der Waals surface area contributed by atoms with E-state index in [1.807, 2.05) is 20.0 Å². The largest absolute Gasteiger partial charge is 0.369 e. The third-order valence-corrected chi connectivity index (χ3v) is 3.98. The van der Waals surface area contributed by atoms with E-state index in [1.165, 1.54) is 12.8 Å². The van der Waals surface area contributed by atoms with Crippen molar-refractivity contribution in [3.8, 4) is 0 Å². The predicted octanol–water partition coefficient (Wildman–Crippen LogP) is 3.30. The van der Waals surface area contributed by atoms with Crippen LogP contribution < -0.4 is 5.32 Å². The van der Waals surface area contributed by atoms with Crippen molar-refractivity contribution in [1.82, 2.24) is 9.97 Å². The Bertz CT molecular complexity index is 373. The zero-order valence-electron chi connectivity index (χ0n) is 10.5. The second kappa shape index (κ2) is 5.67. The number of halogens is 1. The Kier molecular flexibility index (Phi) is 4.21. The van der Waals surface area contributed by atoms with Crippen molar-refractivity contribution in [3.63, 3.8) is 0 Å². The first kappa shape index (κ1) is 12.6. The Morgan fingerprint density at radius 1 is 1.24 bits per heavy atom. The Labute approximate surface area is 108 Å². The number of hydrogen-bond acceptors (Lipinski definition) is 3. The SMILES string of the molecule is Cc1ncc(NCC2CCC(Cl)CC2)nc1C. The van der Waals surface area contributed by atoms with Gasteiger partial charge in [-0.15, -0.1) is 11.6 Å². The van der Waals surface area contributed by atoms with Crippen LogP contribution in [0.3, 0.4) is 0 Å². The number of nitrogens with one attached hydrogen (secondary N) is 1. The lowest BCUT2D eigenvalue weighted by molar-refractivity contribution is 0.377. The van der Waals surface area contributed by atoms with Crippen molar-refractivity contribution in [2.24, 2.45) is 5.92 Å². The van der Waals surface area contributed by atoms with Crippen LogP contribution in [0, 0.1) is 19.8 Å². The van der Waals surface area contributed by atoms with Crippen LogP contribution in [-0.2, 0) is 0 Å². The van der Waals surface area contributed by atoms with Crippen molar-refractivity contribution in [3.05, 3.63) is 17.6 Å². The van der Waals surface area contributed by atoms with E-state index in [4.69, 9.17) is 11.6 Å². The zero-order chi connectivity index (χ0) is 12.3. The molecule has 0 aliphatic heterocycles. The Morgan fingerprint density at radius 3 is 2.59 bits per heavy atom. The molecule has 0 radical (unpaired) electrons. The van der Waals surface area contributed by atoms with Gasteiger partial charge in [0.2, 0.25) is 0 Å². The van der Waals surface area contributed by atoms with E-state index in [0.29, 0.717) is 5.38 Å². The van der Waals surface area contributed by atoms with Crippen LogP contribution in [-0.4, -0.2) is 21.9 Å². The highest BCUT2D eigenvalue weighted by molar-refractivity contribution is 6.20. The smallest absolute Gasteiger partial charge is 0.144 e. The average Bonchev–Trinajstić information content (AvgIpc) is 2.33. The summed E-state index contributed by atoms with van der Waals surface area (Å²) in [4.78, 5) is 8.78. The highest BCUT2D eigenvalue weighted by Gasteiger charge is 2.19. The van der Waals surface area contributed by atoms with E-state index in [0.717, 1.165) is 42.5 Å². The minimum absolute atomic E-state index is 0.396. The molecule has 1 saturated carbocycles. The lowest BCUT2D eigenvalue weighted by atomic mass is 9.89. The molecule has 0 saturated heterocycles. The van der Waals surface area contributed by atoms with Crippen molar-refractivity contribution in [1.29, 1.82) is 0 Å². The third kappa shape index (κ3) is 3.56. The maximum atomic E-state index is 6.09. The summed E-state index contributed by atoms with van der Waals surface area (Å²) >= 11 is 6.09. The predicted molar refractivity (Wildman–Crippen MR) is 71.6 cm³/mol.